The minimum Gasteiger partial charge on any atom is -0.489 e. The third-order valence-electron chi connectivity index (χ3n) is 6.06. The second-order valence-electron chi connectivity index (χ2n) is 8.44. The van der Waals surface area contributed by atoms with Crippen molar-refractivity contribution >= 4 is 17.7 Å². The molecule has 0 radical (unpaired) electrons. The number of aliphatic hydroxyl groups is 1. The lowest BCUT2D eigenvalue weighted by Gasteiger charge is -2.27. The Morgan fingerprint density at radius 2 is 1.66 bits per heavy atom. The molecule has 4 aromatic rings. The maximum absolute atomic E-state index is 14.1. The highest BCUT2D eigenvalue weighted by Gasteiger charge is 2.18. The fourth-order valence-corrected chi connectivity index (χ4v) is 4.16. The second-order valence-corrected chi connectivity index (χ2v) is 8.44. The van der Waals surface area contributed by atoms with E-state index >= 15 is 0 Å². The van der Waals surface area contributed by atoms with Gasteiger partial charge in [-0.1, -0.05) is 54.6 Å². The van der Waals surface area contributed by atoms with Gasteiger partial charge in [0, 0.05) is 11.8 Å². The van der Waals surface area contributed by atoms with Crippen LogP contribution in [0.3, 0.4) is 0 Å². The predicted octanol–water partition coefficient (Wildman–Crippen LogP) is 6.31. The Kier molecular flexibility index (Phi) is 6.55. The van der Waals surface area contributed by atoms with Gasteiger partial charge < -0.3 is 14.7 Å². The van der Waals surface area contributed by atoms with Gasteiger partial charge in [-0.15, -0.1) is 0 Å². The number of aliphatic hydroxyl groups excluding tert-OH is 1. The van der Waals surface area contributed by atoms with E-state index in [1.54, 1.807) is 6.34 Å². The normalized spacial score (nSPS) is 12.5. The van der Waals surface area contributed by atoms with Gasteiger partial charge in [0.25, 0.3) is 0 Å². The van der Waals surface area contributed by atoms with E-state index in [0.29, 0.717) is 18.7 Å². The fraction of sp³-hybridized carbons (Fsp3) is 0.138. The number of rotatable bonds is 7. The minimum absolute atomic E-state index is 0.0320. The summed E-state index contributed by atoms with van der Waals surface area (Å²) in [6.45, 7) is 0.351. The molecule has 176 valence electrons. The van der Waals surface area contributed by atoms with Gasteiger partial charge in [-0.3, -0.25) is 0 Å². The first-order valence-corrected chi connectivity index (χ1v) is 11.4. The Hall–Kier alpha value is -4.03. The number of aliphatic imine (C=N–C) groups is 1. The smallest absolute Gasteiger partial charge is 0.132 e. The van der Waals surface area contributed by atoms with Gasteiger partial charge in [-0.05, 0) is 52.9 Å². The maximum atomic E-state index is 14.1. The van der Waals surface area contributed by atoms with Crippen LogP contribution in [-0.2, 0) is 26.2 Å². The van der Waals surface area contributed by atoms with Gasteiger partial charge in [0.15, 0.2) is 0 Å². The largest absolute Gasteiger partial charge is 0.489 e. The van der Waals surface area contributed by atoms with Gasteiger partial charge in [-0.25, -0.2) is 13.8 Å². The van der Waals surface area contributed by atoms with Crippen molar-refractivity contribution in [3.63, 3.8) is 0 Å². The molecular formula is C29H24F2N2O2. The molecule has 0 aromatic heterocycles. The van der Waals surface area contributed by atoms with Crippen molar-refractivity contribution in [2.45, 2.75) is 26.2 Å². The summed E-state index contributed by atoms with van der Waals surface area (Å²) < 4.78 is 33.9. The summed E-state index contributed by atoms with van der Waals surface area (Å²) in [6, 6.07) is 25.4. The Bertz CT molecular complexity index is 1350. The van der Waals surface area contributed by atoms with E-state index in [9.17, 15) is 13.9 Å². The van der Waals surface area contributed by atoms with Gasteiger partial charge in [-0.2, -0.15) is 0 Å². The van der Waals surface area contributed by atoms with Gasteiger partial charge in [0.2, 0.25) is 0 Å². The molecule has 0 saturated heterocycles. The molecule has 1 aliphatic rings. The summed E-state index contributed by atoms with van der Waals surface area (Å²) >= 11 is 0. The Morgan fingerprint density at radius 1 is 0.857 bits per heavy atom. The standard InChI is InChI=1S/C29H24F2N2O2/c30-26-7-4-8-27(31)25(26)18-35-24-12-11-22(13-20-5-2-1-3-6-20)29(15-24)33-16-23-10-9-21(17-34)14-28(23)32-19-33/h1-12,14-15,19,34H,13,16-18H2. The molecule has 4 aromatic carbocycles. The molecule has 1 heterocycles. The first-order valence-electron chi connectivity index (χ1n) is 11.4. The van der Waals surface area contributed by atoms with Gasteiger partial charge in [0.1, 0.15) is 24.0 Å². The van der Waals surface area contributed by atoms with Crippen LogP contribution >= 0.6 is 0 Å². The van der Waals surface area contributed by atoms with Crippen molar-refractivity contribution in [3.8, 4) is 5.75 Å². The molecule has 0 spiro atoms. The molecule has 0 saturated carbocycles. The number of anilines is 1. The number of nitrogens with zero attached hydrogens (tertiary/aromatic N) is 2. The van der Waals surface area contributed by atoms with Crippen LogP contribution in [0.2, 0.25) is 0 Å². The number of benzene rings is 4. The van der Waals surface area contributed by atoms with E-state index < -0.39 is 11.6 Å². The molecule has 4 nitrogen and oxygen atoms in total. The lowest BCUT2D eigenvalue weighted by atomic mass is 10.0. The molecule has 35 heavy (non-hydrogen) atoms. The van der Waals surface area contributed by atoms with E-state index in [4.69, 9.17) is 4.74 Å². The van der Waals surface area contributed by atoms with Crippen LogP contribution in [0.15, 0.2) is 89.9 Å². The van der Waals surface area contributed by atoms with E-state index in [-0.39, 0.29) is 18.8 Å². The summed E-state index contributed by atoms with van der Waals surface area (Å²) in [5.41, 5.74) is 5.72. The first kappa shape index (κ1) is 22.7. The van der Waals surface area contributed by atoms with Crippen molar-refractivity contribution in [2.75, 3.05) is 4.90 Å². The van der Waals surface area contributed by atoms with Crippen molar-refractivity contribution in [3.05, 3.63) is 124 Å². The fourth-order valence-electron chi connectivity index (χ4n) is 4.16. The Balaban J connectivity index is 1.46. The van der Waals surface area contributed by atoms with Crippen molar-refractivity contribution < 1.29 is 18.6 Å². The lowest BCUT2D eigenvalue weighted by Crippen LogP contribution is -2.24. The quantitative estimate of drug-likeness (QED) is 0.344. The highest BCUT2D eigenvalue weighted by atomic mass is 19.1. The molecular weight excluding hydrogens is 446 g/mol. The van der Waals surface area contributed by atoms with E-state index in [1.807, 2.05) is 59.5 Å². The van der Waals surface area contributed by atoms with E-state index in [1.165, 1.54) is 18.2 Å². The van der Waals surface area contributed by atoms with Crippen LogP contribution in [-0.4, -0.2) is 11.4 Å². The van der Waals surface area contributed by atoms with Gasteiger partial charge in [0.05, 0.1) is 30.7 Å². The average Bonchev–Trinajstić information content (AvgIpc) is 2.89. The van der Waals surface area contributed by atoms with Crippen molar-refractivity contribution in [1.29, 1.82) is 0 Å². The molecule has 0 aliphatic carbocycles. The Morgan fingerprint density at radius 3 is 2.43 bits per heavy atom. The molecule has 1 aliphatic heterocycles. The highest BCUT2D eigenvalue weighted by Crippen LogP contribution is 2.33. The van der Waals surface area contributed by atoms with Crippen molar-refractivity contribution in [2.24, 2.45) is 4.99 Å². The van der Waals surface area contributed by atoms with E-state index in [0.717, 1.165) is 33.6 Å². The maximum Gasteiger partial charge on any atom is 0.132 e. The first-order chi connectivity index (χ1) is 17.1. The van der Waals surface area contributed by atoms with Crippen molar-refractivity contribution in [1.82, 2.24) is 0 Å². The lowest BCUT2D eigenvalue weighted by molar-refractivity contribution is 0.282. The molecule has 0 bridgehead atoms. The zero-order valence-corrected chi connectivity index (χ0v) is 19.0. The van der Waals surface area contributed by atoms with Crippen LogP contribution in [0.25, 0.3) is 0 Å². The van der Waals surface area contributed by atoms with Crippen LogP contribution in [0.4, 0.5) is 20.2 Å². The molecule has 0 unspecified atom stereocenters. The SMILES string of the molecule is OCc1ccc2c(c1)N=CN(c1cc(OCc3c(F)cccc3F)ccc1Cc1ccccc1)C2. The molecule has 0 atom stereocenters. The summed E-state index contributed by atoms with van der Waals surface area (Å²) in [6.07, 6.45) is 2.48. The molecule has 5 rings (SSSR count). The van der Waals surface area contributed by atoms with Gasteiger partial charge >= 0.3 is 0 Å². The summed E-state index contributed by atoms with van der Waals surface area (Å²) in [5, 5.41) is 9.42. The molecule has 0 fully saturated rings. The summed E-state index contributed by atoms with van der Waals surface area (Å²) in [4.78, 5) is 6.64. The third kappa shape index (κ3) is 5.08. The zero-order chi connectivity index (χ0) is 24.2. The summed E-state index contributed by atoms with van der Waals surface area (Å²) in [5.74, 6) is -0.754. The minimum atomic E-state index is -0.632. The highest BCUT2D eigenvalue weighted by molar-refractivity contribution is 5.86. The summed E-state index contributed by atoms with van der Waals surface area (Å²) in [7, 11) is 0. The zero-order valence-electron chi connectivity index (χ0n) is 19.0. The number of hydrogen-bond acceptors (Lipinski definition) is 4. The monoisotopic (exact) mass is 470 g/mol. The predicted molar refractivity (Wildman–Crippen MR) is 133 cm³/mol. The molecule has 6 heteroatoms. The number of hydrogen-bond donors (Lipinski definition) is 1. The van der Waals surface area contributed by atoms with E-state index in [2.05, 4.69) is 17.1 Å². The second kappa shape index (κ2) is 10.1. The number of halogens is 2. The topological polar surface area (TPSA) is 45.1 Å². The molecule has 1 N–H and O–H groups in total. The number of fused-ring (bicyclic) bond motifs is 1. The van der Waals surface area contributed by atoms with Crippen LogP contribution in [0.1, 0.15) is 27.8 Å². The van der Waals surface area contributed by atoms with Crippen LogP contribution < -0.4 is 9.64 Å². The van der Waals surface area contributed by atoms with Crippen LogP contribution in [0, 0.1) is 11.6 Å². The third-order valence-corrected chi connectivity index (χ3v) is 6.06. The average molecular weight is 471 g/mol. The molecule has 0 amide bonds. The van der Waals surface area contributed by atoms with Crippen LogP contribution in [0.5, 0.6) is 5.75 Å². The Labute approximate surface area is 202 Å². The number of ether oxygens (including phenoxy) is 1.